The van der Waals surface area contributed by atoms with Crippen molar-refractivity contribution in [1.29, 1.82) is 0 Å². The number of benzene rings is 1. The number of imide groups is 1. The summed E-state index contributed by atoms with van der Waals surface area (Å²) in [5, 5.41) is 8.06. The number of hydrogen-bond donors (Lipinski definition) is 2. The number of carbonyl (C=O) groups is 2. The molecule has 19 heavy (non-hydrogen) atoms. The Morgan fingerprint density at radius 2 is 1.95 bits per heavy atom. The van der Waals surface area contributed by atoms with E-state index in [4.69, 9.17) is 11.6 Å². The smallest absolute Gasteiger partial charge is 0.259 e. The van der Waals surface area contributed by atoms with Crippen molar-refractivity contribution >= 4 is 40.4 Å². The van der Waals surface area contributed by atoms with Gasteiger partial charge in [-0.25, -0.2) is 0 Å². The quantitative estimate of drug-likeness (QED) is 0.855. The van der Waals surface area contributed by atoms with Gasteiger partial charge in [0.05, 0.1) is 16.1 Å². The Labute approximate surface area is 118 Å². The number of anilines is 1. The summed E-state index contributed by atoms with van der Waals surface area (Å²) in [6.07, 6.45) is 0. The molecule has 4 nitrogen and oxygen atoms in total. The number of rotatable bonds is 3. The first-order valence-electron chi connectivity index (χ1n) is 5.60. The van der Waals surface area contributed by atoms with E-state index in [1.807, 2.05) is 11.4 Å². The fourth-order valence-electron chi connectivity index (χ4n) is 1.91. The van der Waals surface area contributed by atoms with Gasteiger partial charge in [-0.2, -0.15) is 0 Å². The zero-order chi connectivity index (χ0) is 13.4. The summed E-state index contributed by atoms with van der Waals surface area (Å²) in [5.74, 6) is -0.681. The molecule has 0 aliphatic carbocycles. The Morgan fingerprint density at radius 3 is 2.68 bits per heavy atom. The van der Waals surface area contributed by atoms with E-state index >= 15 is 0 Å². The topological polar surface area (TPSA) is 58.2 Å². The first kappa shape index (κ1) is 12.2. The lowest BCUT2D eigenvalue weighted by Crippen LogP contribution is -2.19. The molecule has 3 rings (SSSR count). The average Bonchev–Trinajstić information content (AvgIpc) is 2.92. The predicted octanol–water partition coefficient (Wildman–Crippen LogP) is 2.90. The van der Waals surface area contributed by atoms with Crippen LogP contribution in [0.3, 0.4) is 0 Å². The highest BCUT2D eigenvalue weighted by Crippen LogP contribution is 2.23. The number of fused-ring (bicyclic) bond motifs is 1. The number of carbonyl (C=O) groups excluding carboxylic acids is 2. The second-order valence-electron chi connectivity index (χ2n) is 4.13. The van der Waals surface area contributed by atoms with Gasteiger partial charge in [0.2, 0.25) is 0 Å². The van der Waals surface area contributed by atoms with Crippen molar-refractivity contribution in [3.63, 3.8) is 0 Å². The maximum absolute atomic E-state index is 11.5. The highest BCUT2D eigenvalue weighted by atomic mass is 35.5. The normalized spacial score (nSPS) is 13.3. The van der Waals surface area contributed by atoms with E-state index in [9.17, 15) is 9.59 Å². The molecule has 0 saturated carbocycles. The van der Waals surface area contributed by atoms with Gasteiger partial charge in [0, 0.05) is 22.5 Å². The molecular weight excluding hydrogens is 284 g/mol. The zero-order valence-corrected chi connectivity index (χ0v) is 11.3. The fraction of sp³-hybridized carbons (Fsp3) is 0.0769. The molecule has 1 aromatic carbocycles. The van der Waals surface area contributed by atoms with Crippen LogP contribution in [0.15, 0.2) is 29.6 Å². The molecule has 2 N–H and O–H groups in total. The lowest BCUT2D eigenvalue weighted by atomic mass is 10.1. The van der Waals surface area contributed by atoms with E-state index in [-0.39, 0.29) is 11.8 Å². The van der Waals surface area contributed by atoms with E-state index in [0.717, 1.165) is 15.6 Å². The summed E-state index contributed by atoms with van der Waals surface area (Å²) in [6.45, 7) is 0.631. The van der Waals surface area contributed by atoms with Crippen molar-refractivity contribution in [2.45, 2.75) is 6.54 Å². The Morgan fingerprint density at radius 1 is 1.16 bits per heavy atom. The van der Waals surface area contributed by atoms with Gasteiger partial charge in [-0.3, -0.25) is 14.9 Å². The summed E-state index contributed by atoms with van der Waals surface area (Å²) >= 11 is 7.41. The highest BCUT2D eigenvalue weighted by molar-refractivity contribution is 7.10. The first-order chi connectivity index (χ1) is 9.13. The third-order valence-corrected chi connectivity index (χ3v) is 4.11. The van der Waals surface area contributed by atoms with Gasteiger partial charge >= 0.3 is 0 Å². The van der Waals surface area contributed by atoms with Crippen LogP contribution in [-0.2, 0) is 6.54 Å². The summed E-state index contributed by atoms with van der Waals surface area (Å²) in [4.78, 5) is 24.0. The molecule has 2 heterocycles. The number of nitrogens with one attached hydrogen (secondary N) is 2. The summed E-state index contributed by atoms with van der Waals surface area (Å²) in [7, 11) is 0. The molecule has 1 aliphatic rings. The molecule has 0 radical (unpaired) electrons. The van der Waals surface area contributed by atoms with Crippen LogP contribution < -0.4 is 10.6 Å². The van der Waals surface area contributed by atoms with Crippen LogP contribution in [-0.4, -0.2) is 11.8 Å². The van der Waals surface area contributed by atoms with Crippen molar-refractivity contribution in [1.82, 2.24) is 5.32 Å². The SMILES string of the molecule is O=C1NC(=O)c2cc(NCc3cc(Cl)cs3)ccc21. The van der Waals surface area contributed by atoms with Crippen LogP contribution >= 0.6 is 22.9 Å². The largest absolute Gasteiger partial charge is 0.380 e. The fourth-order valence-corrected chi connectivity index (χ4v) is 2.93. The van der Waals surface area contributed by atoms with Crippen LogP contribution in [0.2, 0.25) is 5.02 Å². The van der Waals surface area contributed by atoms with Crippen molar-refractivity contribution in [2.24, 2.45) is 0 Å². The number of halogens is 1. The van der Waals surface area contributed by atoms with Gasteiger partial charge in [0.15, 0.2) is 0 Å². The highest BCUT2D eigenvalue weighted by Gasteiger charge is 2.26. The lowest BCUT2D eigenvalue weighted by Gasteiger charge is -2.05. The predicted molar refractivity (Wildman–Crippen MR) is 74.9 cm³/mol. The maximum Gasteiger partial charge on any atom is 0.259 e. The van der Waals surface area contributed by atoms with E-state index in [1.165, 1.54) is 0 Å². The first-order valence-corrected chi connectivity index (χ1v) is 6.86. The molecule has 0 unspecified atom stereocenters. The van der Waals surface area contributed by atoms with Gasteiger partial charge in [-0.05, 0) is 24.3 Å². The average molecular weight is 293 g/mol. The van der Waals surface area contributed by atoms with Crippen LogP contribution in [0, 0.1) is 0 Å². The summed E-state index contributed by atoms with van der Waals surface area (Å²) in [5.41, 5.74) is 1.64. The van der Waals surface area contributed by atoms with E-state index < -0.39 is 0 Å². The Hall–Kier alpha value is -1.85. The lowest BCUT2D eigenvalue weighted by molar-refractivity contribution is 0.0879. The summed E-state index contributed by atoms with van der Waals surface area (Å²) < 4.78 is 0. The number of amides is 2. The second-order valence-corrected chi connectivity index (χ2v) is 5.56. The maximum atomic E-state index is 11.5. The van der Waals surface area contributed by atoms with Gasteiger partial charge < -0.3 is 5.32 Å². The molecule has 0 spiro atoms. The molecule has 6 heteroatoms. The molecule has 1 aromatic heterocycles. The molecule has 0 saturated heterocycles. The molecule has 0 fully saturated rings. The van der Waals surface area contributed by atoms with Crippen LogP contribution in [0.4, 0.5) is 5.69 Å². The zero-order valence-electron chi connectivity index (χ0n) is 9.70. The molecule has 0 bridgehead atoms. The Bertz CT molecular complexity index is 681. The van der Waals surface area contributed by atoms with Gasteiger partial charge in [-0.15, -0.1) is 11.3 Å². The van der Waals surface area contributed by atoms with Crippen LogP contribution in [0.5, 0.6) is 0 Å². The third kappa shape index (κ3) is 2.34. The van der Waals surface area contributed by atoms with Crippen LogP contribution in [0.25, 0.3) is 0 Å². The van der Waals surface area contributed by atoms with Crippen molar-refractivity contribution in [2.75, 3.05) is 5.32 Å². The Kier molecular flexibility index (Phi) is 3.00. The minimum absolute atomic E-state index is 0.336. The molecule has 96 valence electrons. The van der Waals surface area contributed by atoms with E-state index in [0.29, 0.717) is 17.7 Å². The van der Waals surface area contributed by atoms with Crippen LogP contribution in [0.1, 0.15) is 25.6 Å². The molecule has 0 atom stereocenters. The molecule has 2 aromatic rings. The third-order valence-electron chi connectivity index (χ3n) is 2.82. The molecular formula is C13H9ClN2O2S. The summed E-state index contributed by atoms with van der Waals surface area (Å²) in [6, 6.07) is 7.01. The monoisotopic (exact) mass is 292 g/mol. The van der Waals surface area contributed by atoms with Gasteiger partial charge in [0.25, 0.3) is 11.8 Å². The Balaban J connectivity index is 1.78. The van der Waals surface area contributed by atoms with Gasteiger partial charge in [0.1, 0.15) is 0 Å². The van der Waals surface area contributed by atoms with E-state index in [2.05, 4.69) is 10.6 Å². The standard InChI is InChI=1S/C13H9ClN2O2S/c14-7-3-9(19-6-7)5-15-8-1-2-10-11(4-8)13(18)16-12(10)17/h1-4,6,15H,5H2,(H,16,17,18). The van der Waals surface area contributed by atoms with Gasteiger partial charge in [-0.1, -0.05) is 11.6 Å². The molecule has 2 amide bonds. The minimum atomic E-state index is -0.345. The minimum Gasteiger partial charge on any atom is -0.380 e. The van der Waals surface area contributed by atoms with Crippen molar-refractivity contribution < 1.29 is 9.59 Å². The van der Waals surface area contributed by atoms with Crippen molar-refractivity contribution in [3.05, 3.63) is 50.7 Å². The van der Waals surface area contributed by atoms with Crippen molar-refractivity contribution in [3.8, 4) is 0 Å². The van der Waals surface area contributed by atoms with E-state index in [1.54, 1.807) is 29.5 Å². The molecule has 1 aliphatic heterocycles. The second kappa shape index (κ2) is 4.68. The number of thiophene rings is 1. The number of hydrogen-bond acceptors (Lipinski definition) is 4.